The number of ether oxygens (including phenoxy) is 1. The topological polar surface area (TPSA) is 53.3 Å². The number of hydrogen-bond donors (Lipinski definition) is 0. The number of anilines is 1. The van der Waals surface area contributed by atoms with Crippen LogP contribution in [0.25, 0.3) is 0 Å². The van der Waals surface area contributed by atoms with E-state index in [1.54, 1.807) is 31.3 Å². The number of carbonyl (C=O) groups excluding carboxylic acids is 1. The molecule has 0 aliphatic rings. The van der Waals surface area contributed by atoms with Crippen LogP contribution in [0.1, 0.15) is 12.0 Å². The van der Waals surface area contributed by atoms with Crippen LogP contribution >= 0.6 is 0 Å². The van der Waals surface area contributed by atoms with Gasteiger partial charge < -0.3 is 9.64 Å². The molecule has 1 amide bonds. The van der Waals surface area contributed by atoms with E-state index >= 15 is 0 Å². The van der Waals surface area contributed by atoms with Crippen LogP contribution in [0.3, 0.4) is 0 Å². The Labute approximate surface area is 110 Å². The molecule has 0 spiro atoms. The van der Waals surface area contributed by atoms with E-state index in [0.29, 0.717) is 11.3 Å². The maximum atomic E-state index is 11.8. The minimum absolute atomic E-state index is 0.0139. The van der Waals surface area contributed by atoms with E-state index in [2.05, 4.69) is 4.74 Å². The monoisotopic (exact) mass is 268 g/mol. The van der Waals surface area contributed by atoms with E-state index in [9.17, 15) is 13.6 Å². The van der Waals surface area contributed by atoms with Crippen molar-refractivity contribution in [2.24, 2.45) is 0 Å². The van der Waals surface area contributed by atoms with Crippen molar-refractivity contribution < 1.29 is 18.3 Å². The molecule has 0 saturated heterocycles. The van der Waals surface area contributed by atoms with E-state index in [1.165, 1.54) is 4.90 Å². The Morgan fingerprint density at radius 1 is 1.53 bits per heavy atom. The molecular formula is C13H14F2N2O2. The minimum Gasteiger partial charge on any atom is -0.375 e. The Balaban J connectivity index is 2.50. The molecule has 0 bridgehead atoms. The smallest absolute Gasteiger partial charge is 0.261 e. The fourth-order valence-corrected chi connectivity index (χ4v) is 1.43. The van der Waals surface area contributed by atoms with Crippen LogP contribution in [0.5, 0.6) is 0 Å². The number of amides is 1. The molecule has 0 saturated carbocycles. The predicted octanol–water partition coefficient (Wildman–Crippen LogP) is 2.19. The Bertz CT molecular complexity index is 472. The minimum atomic E-state index is -2.53. The predicted molar refractivity (Wildman–Crippen MR) is 66.0 cm³/mol. The Kier molecular flexibility index (Phi) is 5.90. The number of halogens is 2. The molecule has 0 heterocycles. The highest BCUT2D eigenvalue weighted by Gasteiger charge is 2.11. The normalized spacial score (nSPS) is 10.3. The average Bonchev–Trinajstić information content (AvgIpc) is 2.42. The molecule has 0 aliphatic carbocycles. The summed E-state index contributed by atoms with van der Waals surface area (Å²) >= 11 is 0. The summed E-state index contributed by atoms with van der Waals surface area (Å²) in [6.07, 6.45) is -2.51. The quantitative estimate of drug-likeness (QED) is 0.743. The number of nitriles is 1. The van der Waals surface area contributed by atoms with Crippen molar-refractivity contribution in [3.63, 3.8) is 0 Å². The maximum absolute atomic E-state index is 11.8. The van der Waals surface area contributed by atoms with Gasteiger partial charge in [-0.2, -0.15) is 5.26 Å². The van der Waals surface area contributed by atoms with Crippen LogP contribution in [0.15, 0.2) is 24.3 Å². The van der Waals surface area contributed by atoms with Gasteiger partial charge in [0.25, 0.3) is 6.43 Å². The SMILES string of the molecule is CN(C(=O)CCOCC(F)F)c1cccc(C#N)c1. The fourth-order valence-electron chi connectivity index (χ4n) is 1.43. The lowest BCUT2D eigenvalue weighted by atomic mass is 10.2. The highest BCUT2D eigenvalue weighted by molar-refractivity contribution is 5.92. The van der Waals surface area contributed by atoms with Crippen molar-refractivity contribution >= 4 is 11.6 Å². The lowest BCUT2D eigenvalue weighted by Crippen LogP contribution is -2.27. The van der Waals surface area contributed by atoms with Gasteiger partial charge in [0.1, 0.15) is 6.61 Å². The van der Waals surface area contributed by atoms with Crippen molar-refractivity contribution in [1.29, 1.82) is 5.26 Å². The third kappa shape index (κ3) is 5.02. The molecule has 0 atom stereocenters. The molecule has 1 aromatic rings. The Hall–Kier alpha value is -2.00. The van der Waals surface area contributed by atoms with Gasteiger partial charge >= 0.3 is 0 Å². The molecule has 102 valence electrons. The van der Waals surface area contributed by atoms with Crippen LogP contribution < -0.4 is 4.90 Å². The van der Waals surface area contributed by atoms with Gasteiger partial charge in [0.15, 0.2) is 0 Å². The Morgan fingerprint density at radius 3 is 2.89 bits per heavy atom. The third-order valence-corrected chi connectivity index (χ3v) is 2.44. The molecule has 1 rings (SSSR count). The molecular weight excluding hydrogens is 254 g/mol. The van der Waals surface area contributed by atoms with Crippen LogP contribution in [0.2, 0.25) is 0 Å². The second-order valence-electron chi connectivity index (χ2n) is 3.83. The molecule has 0 aliphatic heterocycles. The summed E-state index contributed by atoms with van der Waals surface area (Å²) in [6, 6.07) is 8.56. The lowest BCUT2D eigenvalue weighted by Gasteiger charge is -2.17. The van der Waals surface area contributed by atoms with Crippen molar-refractivity contribution in [3.05, 3.63) is 29.8 Å². The lowest BCUT2D eigenvalue weighted by molar-refractivity contribution is -0.119. The fraction of sp³-hybridized carbons (Fsp3) is 0.385. The zero-order valence-electron chi connectivity index (χ0n) is 10.5. The number of rotatable bonds is 6. The molecule has 0 unspecified atom stereocenters. The van der Waals surface area contributed by atoms with Crippen LogP contribution in [0.4, 0.5) is 14.5 Å². The standard InChI is InChI=1S/C13H14F2N2O2/c1-17(11-4-2-3-10(7-11)8-16)13(18)5-6-19-9-12(14)15/h2-4,7,12H,5-6,9H2,1H3. The zero-order chi connectivity index (χ0) is 14.3. The van der Waals surface area contributed by atoms with E-state index in [-0.39, 0.29) is 18.9 Å². The molecule has 0 radical (unpaired) electrons. The third-order valence-electron chi connectivity index (χ3n) is 2.44. The van der Waals surface area contributed by atoms with Gasteiger partial charge in [-0.15, -0.1) is 0 Å². The van der Waals surface area contributed by atoms with Crippen LogP contribution in [-0.4, -0.2) is 32.6 Å². The molecule has 6 heteroatoms. The number of hydrogen-bond acceptors (Lipinski definition) is 3. The van der Waals surface area contributed by atoms with Gasteiger partial charge in [-0.25, -0.2) is 8.78 Å². The first kappa shape index (κ1) is 15.1. The highest BCUT2D eigenvalue weighted by Crippen LogP contribution is 2.15. The maximum Gasteiger partial charge on any atom is 0.261 e. The van der Waals surface area contributed by atoms with E-state index < -0.39 is 13.0 Å². The van der Waals surface area contributed by atoms with E-state index in [4.69, 9.17) is 5.26 Å². The highest BCUT2D eigenvalue weighted by atomic mass is 19.3. The number of benzene rings is 1. The van der Waals surface area contributed by atoms with Gasteiger partial charge in [0.2, 0.25) is 5.91 Å². The van der Waals surface area contributed by atoms with Crippen molar-refractivity contribution in [3.8, 4) is 6.07 Å². The summed E-state index contributed by atoms with van der Waals surface area (Å²) in [5, 5.41) is 8.76. The summed E-state index contributed by atoms with van der Waals surface area (Å²) in [4.78, 5) is 13.1. The van der Waals surface area contributed by atoms with E-state index in [1.807, 2.05) is 6.07 Å². The number of nitrogens with zero attached hydrogens (tertiary/aromatic N) is 2. The zero-order valence-corrected chi connectivity index (χ0v) is 10.5. The summed E-state index contributed by atoms with van der Waals surface area (Å²) < 4.78 is 28.3. The summed E-state index contributed by atoms with van der Waals surface area (Å²) in [7, 11) is 1.56. The van der Waals surface area contributed by atoms with Gasteiger partial charge in [-0.05, 0) is 18.2 Å². The van der Waals surface area contributed by atoms with Crippen LogP contribution in [0, 0.1) is 11.3 Å². The number of alkyl halides is 2. The Morgan fingerprint density at radius 2 is 2.26 bits per heavy atom. The molecule has 0 aromatic heterocycles. The molecule has 1 aromatic carbocycles. The first-order valence-corrected chi connectivity index (χ1v) is 5.67. The summed E-state index contributed by atoms with van der Waals surface area (Å²) in [5.41, 5.74) is 1.03. The van der Waals surface area contributed by atoms with Gasteiger partial charge in [-0.3, -0.25) is 4.79 Å². The second kappa shape index (κ2) is 7.44. The van der Waals surface area contributed by atoms with Crippen molar-refractivity contribution in [1.82, 2.24) is 0 Å². The van der Waals surface area contributed by atoms with Gasteiger partial charge in [-0.1, -0.05) is 6.07 Å². The van der Waals surface area contributed by atoms with Crippen molar-refractivity contribution in [2.45, 2.75) is 12.8 Å². The molecule has 4 nitrogen and oxygen atoms in total. The largest absolute Gasteiger partial charge is 0.375 e. The molecule has 19 heavy (non-hydrogen) atoms. The molecule has 0 fully saturated rings. The average molecular weight is 268 g/mol. The van der Waals surface area contributed by atoms with E-state index in [0.717, 1.165) is 0 Å². The van der Waals surface area contributed by atoms with Crippen LogP contribution in [-0.2, 0) is 9.53 Å². The van der Waals surface area contributed by atoms with Crippen molar-refractivity contribution in [2.75, 3.05) is 25.2 Å². The molecule has 0 N–H and O–H groups in total. The first-order chi connectivity index (χ1) is 9.04. The summed E-state index contributed by atoms with van der Waals surface area (Å²) in [6.45, 7) is -0.716. The van der Waals surface area contributed by atoms with Gasteiger partial charge in [0.05, 0.1) is 24.7 Å². The first-order valence-electron chi connectivity index (χ1n) is 5.67. The second-order valence-corrected chi connectivity index (χ2v) is 3.83. The van der Waals surface area contributed by atoms with Gasteiger partial charge in [0, 0.05) is 12.7 Å². The summed E-state index contributed by atoms with van der Waals surface area (Å²) in [5.74, 6) is -0.260. The number of carbonyl (C=O) groups is 1.